The number of alkyl halides is 1. The molecule has 0 bridgehead atoms. The van der Waals surface area contributed by atoms with Gasteiger partial charge < -0.3 is 4.57 Å². The second-order valence-corrected chi connectivity index (χ2v) is 5.80. The van der Waals surface area contributed by atoms with Crippen LogP contribution in [0.5, 0.6) is 0 Å². The molecule has 0 saturated carbocycles. The van der Waals surface area contributed by atoms with Crippen LogP contribution in [-0.2, 0) is 12.9 Å². The average Bonchev–Trinajstić information content (AvgIpc) is 2.85. The molecular formula is C12H19ClN4S. The number of aryl methyl sites for hydroxylation is 2. The average molecular weight is 287 g/mol. The van der Waals surface area contributed by atoms with Gasteiger partial charge in [-0.2, -0.15) is 16.9 Å². The monoisotopic (exact) mass is 286 g/mol. The number of thioether (sulfide) groups is 1. The Balaban J connectivity index is 2.52. The van der Waals surface area contributed by atoms with Gasteiger partial charge in [0.15, 0.2) is 5.65 Å². The van der Waals surface area contributed by atoms with Gasteiger partial charge in [-0.1, -0.05) is 0 Å². The smallest absolute Gasteiger partial charge is 0.158 e. The van der Waals surface area contributed by atoms with E-state index in [0.717, 1.165) is 34.9 Å². The predicted octanol–water partition coefficient (Wildman–Crippen LogP) is 3.13. The lowest BCUT2D eigenvalue weighted by molar-refractivity contribution is 0.521. The third-order valence-corrected chi connectivity index (χ3v) is 4.09. The van der Waals surface area contributed by atoms with E-state index in [-0.39, 0.29) is 0 Å². The third-order valence-electron chi connectivity index (χ3n) is 3.21. The summed E-state index contributed by atoms with van der Waals surface area (Å²) in [5.41, 5.74) is 3.02. The standard InChI is InChI=1S/C12H19ClN4S/c1-8(5-6-18-4)17-10(7-13)14-11-9(2)15-16(3)12(11)17/h8H,5-7H2,1-4H3. The van der Waals surface area contributed by atoms with E-state index in [1.807, 2.05) is 30.4 Å². The van der Waals surface area contributed by atoms with E-state index in [1.54, 1.807) is 0 Å². The molecule has 0 aromatic carbocycles. The fraction of sp³-hybridized carbons (Fsp3) is 0.667. The molecule has 1 unspecified atom stereocenters. The summed E-state index contributed by atoms with van der Waals surface area (Å²) in [6.45, 7) is 4.21. The van der Waals surface area contributed by atoms with E-state index < -0.39 is 0 Å². The van der Waals surface area contributed by atoms with E-state index in [4.69, 9.17) is 11.6 Å². The molecule has 2 aromatic heterocycles. The number of aromatic nitrogens is 4. The van der Waals surface area contributed by atoms with Gasteiger partial charge >= 0.3 is 0 Å². The van der Waals surface area contributed by atoms with E-state index in [0.29, 0.717) is 11.9 Å². The maximum absolute atomic E-state index is 6.03. The van der Waals surface area contributed by atoms with Gasteiger partial charge in [0, 0.05) is 13.1 Å². The minimum atomic E-state index is 0.394. The lowest BCUT2D eigenvalue weighted by atomic mass is 10.2. The van der Waals surface area contributed by atoms with E-state index >= 15 is 0 Å². The van der Waals surface area contributed by atoms with Gasteiger partial charge in [0.25, 0.3) is 0 Å². The second kappa shape index (κ2) is 5.53. The van der Waals surface area contributed by atoms with Crippen molar-refractivity contribution >= 4 is 34.5 Å². The van der Waals surface area contributed by atoms with Crippen molar-refractivity contribution < 1.29 is 0 Å². The summed E-state index contributed by atoms with van der Waals surface area (Å²) in [6.07, 6.45) is 3.24. The summed E-state index contributed by atoms with van der Waals surface area (Å²) in [7, 11) is 1.97. The van der Waals surface area contributed by atoms with Crippen molar-refractivity contribution in [2.45, 2.75) is 32.2 Å². The first-order chi connectivity index (χ1) is 8.60. The number of rotatable bonds is 5. The maximum atomic E-state index is 6.03. The lowest BCUT2D eigenvalue weighted by Crippen LogP contribution is -2.12. The van der Waals surface area contributed by atoms with Crippen molar-refractivity contribution in [2.24, 2.45) is 7.05 Å². The highest BCUT2D eigenvalue weighted by Crippen LogP contribution is 2.26. The topological polar surface area (TPSA) is 35.6 Å². The summed E-state index contributed by atoms with van der Waals surface area (Å²) >= 11 is 7.89. The summed E-state index contributed by atoms with van der Waals surface area (Å²) in [4.78, 5) is 4.62. The number of imidazole rings is 1. The zero-order valence-electron chi connectivity index (χ0n) is 11.3. The molecule has 0 amide bonds. The largest absolute Gasteiger partial charge is 0.309 e. The van der Waals surface area contributed by atoms with Crippen molar-refractivity contribution in [3.8, 4) is 0 Å². The molecule has 4 nitrogen and oxygen atoms in total. The highest BCUT2D eigenvalue weighted by Gasteiger charge is 2.20. The van der Waals surface area contributed by atoms with Crippen molar-refractivity contribution in [1.82, 2.24) is 19.3 Å². The zero-order valence-corrected chi connectivity index (χ0v) is 12.8. The summed E-state index contributed by atoms with van der Waals surface area (Å²) < 4.78 is 4.14. The molecule has 18 heavy (non-hydrogen) atoms. The number of halogens is 1. The number of hydrogen-bond donors (Lipinski definition) is 0. The SMILES string of the molecule is CSCCC(C)n1c(CCl)nc2c(C)nn(C)c21. The van der Waals surface area contributed by atoms with Gasteiger partial charge in [0.05, 0.1) is 11.6 Å². The van der Waals surface area contributed by atoms with Gasteiger partial charge in [-0.3, -0.25) is 4.68 Å². The molecule has 0 saturated heterocycles. The molecule has 0 fully saturated rings. The van der Waals surface area contributed by atoms with Crippen LogP contribution >= 0.6 is 23.4 Å². The molecule has 0 N–H and O–H groups in total. The quantitative estimate of drug-likeness (QED) is 0.792. The second-order valence-electron chi connectivity index (χ2n) is 4.54. The molecule has 0 radical (unpaired) electrons. The predicted molar refractivity (Wildman–Crippen MR) is 78.5 cm³/mol. The fourth-order valence-corrected chi connectivity index (χ4v) is 3.08. The minimum Gasteiger partial charge on any atom is -0.309 e. The van der Waals surface area contributed by atoms with Crippen molar-refractivity contribution in [2.75, 3.05) is 12.0 Å². The zero-order chi connectivity index (χ0) is 13.3. The molecule has 0 aliphatic rings. The van der Waals surface area contributed by atoms with Crippen LogP contribution < -0.4 is 0 Å². The van der Waals surface area contributed by atoms with Crippen LogP contribution in [-0.4, -0.2) is 31.3 Å². The number of nitrogens with zero attached hydrogens (tertiary/aromatic N) is 4. The Morgan fingerprint density at radius 1 is 1.44 bits per heavy atom. The first kappa shape index (κ1) is 13.7. The van der Waals surface area contributed by atoms with Crippen LogP contribution in [0, 0.1) is 6.92 Å². The van der Waals surface area contributed by atoms with Gasteiger partial charge in [-0.15, -0.1) is 11.6 Å². The van der Waals surface area contributed by atoms with Crippen LogP contribution in [0.25, 0.3) is 11.2 Å². The van der Waals surface area contributed by atoms with E-state index in [2.05, 4.69) is 27.8 Å². The molecule has 1 atom stereocenters. The van der Waals surface area contributed by atoms with Crippen LogP contribution in [0.1, 0.15) is 30.9 Å². The Labute approximate surface area is 117 Å². The van der Waals surface area contributed by atoms with Gasteiger partial charge in [-0.05, 0) is 32.3 Å². The minimum absolute atomic E-state index is 0.394. The van der Waals surface area contributed by atoms with Crippen LogP contribution in [0.4, 0.5) is 0 Å². The van der Waals surface area contributed by atoms with E-state index in [1.165, 1.54) is 0 Å². The van der Waals surface area contributed by atoms with Gasteiger partial charge in [0.2, 0.25) is 0 Å². The molecule has 100 valence electrons. The van der Waals surface area contributed by atoms with Crippen LogP contribution in [0.2, 0.25) is 0 Å². The first-order valence-corrected chi connectivity index (χ1v) is 7.98. The Bertz CT molecular complexity index is 546. The molecule has 2 heterocycles. The lowest BCUT2D eigenvalue weighted by Gasteiger charge is -2.16. The normalized spacial score (nSPS) is 13.4. The molecule has 2 rings (SSSR count). The van der Waals surface area contributed by atoms with E-state index in [9.17, 15) is 0 Å². The molecule has 0 aliphatic heterocycles. The molecule has 0 spiro atoms. The number of fused-ring (bicyclic) bond motifs is 1. The molecular weight excluding hydrogens is 268 g/mol. The highest BCUT2D eigenvalue weighted by molar-refractivity contribution is 7.98. The van der Waals surface area contributed by atoms with Crippen molar-refractivity contribution in [1.29, 1.82) is 0 Å². The van der Waals surface area contributed by atoms with Gasteiger partial charge in [-0.25, -0.2) is 4.98 Å². The van der Waals surface area contributed by atoms with Crippen LogP contribution in [0.3, 0.4) is 0 Å². The Morgan fingerprint density at radius 2 is 2.17 bits per heavy atom. The summed E-state index contributed by atoms with van der Waals surface area (Å²) in [5.74, 6) is 2.52. The molecule has 6 heteroatoms. The summed E-state index contributed by atoms with van der Waals surface area (Å²) in [5, 5.41) is 4.43. The highest BCUT2D eigenvalue weighted by atomic mass is 35.5. The Hall–Kier alpha value is -0.680. The van der Waals surface area contributed by atoms with Gasteiger partial charge in [0.1, 0.15) is 11.3 Å². The summed E-state index contributed by atoms with van der Waals surface area (Å²) in [6, 6.07) is 0.394. The van der Waals surface area contributed by atoms with Crippen molar-refractivity contribution in [3.63, 3.8) is 0 Å². The van der Waals surface area contributed by atoms with Crippen molar-refractivity contribution in [3.05, 3.63) is 11.5 Å². The first-order valence-electron chi connectivity index (χ1n) is 6.05. The van der Waals surface area contributed by atoms with Crippen LogP contribution in [0.15, 0.2) is 0 Å². The fourth-order valence-electron chi connectivity index (χ4n) is 2.32. The molecule has 2 aromatic rings. The third kappa shape index (κ3) is 2.26. The number of hydrogen-bond acceptors (Lipinski definition) is 3. The Morgan fingerprint density at radius 3 is 2.78 bits per heavy atom. The Kier molecular flexibility index (Phi) is 4.22. The maximum Gasteiger partial charge on any atom is 0.158 e. The molecule has 0 aliphatic carbocycles.